The number of aryl methyl sites for hydroxylation is 2. The minimum absolute atomic E-state index is 0.106. The molecule has 18 heavy (non-hydrogen) atoms. The fourth-order valence-corrected chi connectivity index (χ4v) is 4.46. The molecule has 1 atom stereocenters. The second-order valence-corrected chi connectivity index (χ2v) is 6.99. The molecule has 1 aromatic carbocycles. The molecule has 0 aliphatic heterocycles. The van der Waals surface area contributed by atoms with Crippen LogP contribution < -0.4 is 0 Å². The molecule has 0 N–H and O–H groups in total. The summed E-state index contributed by atoms with van der Waals surface area (Å²) in [6, 6.07) is 9.33. The van der Waals surface area contributed by atoms with E-state index in [9.17, 15) is 4.39 Å². The monoisotopic (exact) mass is 324 g/mol. The van der Waals surface area contributed by atoms with Crippen molar-refractivity contribution in [1.82, 2.24) is 0 Å². The lowest BCUT2D eigenvalue weighted by molar-refractivity contribution is 0.608. The van der Waals surface area contributed by atoms with Gasteiger partial charge in [0, 0.05) is 9.75 Å². The summed E-state index contributed by atoms with van der Waals surface area (Å²) < 4.78 is 13.6. The van der Waals surface area contributed by atoms with Gasteiger partial charge < -0.3 is 0 Å². The molecule has 0 nitrogen and oxygen atoms in total. The molecular formula is C15H14BrFS. The summed E-state index contributed by atoms with van der Waals surface area (Å²) in [6.45, 7) is 0. The van der Waals surface area contributed by atoms with Crippen molar-refractivity contribution in [1.29, 1.82) is 0 Å². The van der Waals surface area contributed by atoms with Crippen LogP contribution in [0.25, 0.3) is 0 Å². The zero-order chi connectivity index (χ0) is 12.5. The predicted octanol–water partition coefficient (Wildman–Crippen LogP) is 5.05. The van der Waals surface area contributed by atoms with Gasteiger partial charge in [-0.25, -0.2) is 4.39 Å². The largest absolute Gasteiger partial charge is 0.207 e. The van der Waals surface area contributed by atoms with Crippen molar-refractivity contribution in [2.75, 3.05) is 0 Å². The summed E-state index contributed by atoms with van der Waals surface area (Å²) >= 11 is 5.59. The topological polar surface area (TPSA) is 0 Å². The molecule has 94 valence electrons. The quantitative estimate of drug-likeness (QED) is 0.693. The Bertz CT molecular complexity index is 540. The fourth-order valence-electron chi connectivity index (χ4n) is 2.46. The van der Waals surface area contributed by atoms with E-state index in [1.165, 1.54) is 40.6 Å². The lowest BCUT2D eigenvalue weighted by Crippen LogP contribution is -1.96. The number of hydrogen-bond acceptors (Lipinski definition) is 1. The molecular weight excluding hydrogens is 311 g/mol. The molecule has 0 amide bonds. The molecule has 0 saturated heterocycles. The van der Waals surface area contributed by atoms with Gasteiger partial charge >= 0.3 is 0 Å². The zero-order valence-electron chi connectivity index (χ0n) is 9.96. The van der Waals surface area contributed by atoms with E-state index in [0.29, 0.717) is 6.42 Å². The molecule has 1 heterocycles. The SMILES string of the molecule is Fc1ccccc1CC(Br)c1cc2c(s1)CCC2. The van der Waals surface area contributed by atoms with Crippen molar-refractivity contribution >= 4 is 27.3 Å². The van der Waals surface area contributed by atoms with Crippen molar-refractivity contribution < 1.29 is 4.39 Å². The van der Waals surface area contributed by atoms with Crippen LogP contribution in [0.4, 0.5) is 4.39 Å². The number of halogens is 2. The molecule has 3 heteroatoms. The molecule has 1 aliphatic carbocycles. The first kappa shape index (κ1) is 12.4. The summed E-state index contributed by atoms with van der Waals surface area (Å²) in [6.07, 6.45) is 4.44. The van der Waals surface area contributed by atoms with E-state index >= 15 is 0 Å². The van der Waals surface area contributed by atoms with Gasteiger partial charge in [0.1, 0.15) is 5.82 Å². The molecule has 3 rings (SSSR count). The van der Waals surface area contributed by atoms with E-state index in [1.54, 1.807) is 6.07 Å². The van der Waals surface area contributed by atoms with Crippen molar-refractivity contribution in [2.45, 2.75) is 30.5 Å². The first-order chi connectivity index (χ1) is 8.74. The summed E-state index contributed by atoms with van der Waals surface area (Å²) in [4.78, 5) is 3.09. The maximum atomic E-state index is 13.6. The zero-order valence-corrected chi connectivity index (χ0v) is 12.4. The molecule has 0 saturated carbocycles. The van der Waals surface area contributed by atoms with Gasteiger partial charge in [-0.05, 0) is 48.9 Å². The van der Waals surface area contributed by atoms with Crippen molar-refractivity contribution in [3.63, 3.8) is 0 Å². The highest BCUT2D eigenvalue weighted by Gasteiger charge is 2.19. The number of benzene rings is 1. The van der Waals surface area contributed by atoms with Crippen molar-refractivity contribution in [2.24, 2.45) is 0 Å². The van der Waals surface area contributed by atoms with E-state index in [4.69, 9.17) is 0 Å². The first-order valence-electron chi connectivity index (χ1n) is 6.23. The van der Waals surface area contributed by atoms with Gasteiger partial charge in [0.15, 0.2) is 0 Å². The van der Waals surface area contributed by atoms with Crippen molar-refractivity contribution in [3.05, 3.63) is 57.0 Å². The van der Waals surface area contributed by atoms with E-state index in [-0.39, 0.29) is 10.6 Å². The highest BCUT2D eigenvalue weighted by atomic mass is 79.9. The predicted molar refractivity (Wildman–Crippen MR) is 78.1 cm³/mol. The van der Waals surface area contributed by atoms with Crippen LogP contribution in [0.1, 0.15) is 32.1 Å². The minimum atomic E-state index is -0.106. The van der Waals surface area contributed by atoms with Crippen LogP contribution in [0, 0.1) is 5.82 Å². The van der Waals surface area contributed by atoms with Crippen LogP contribution in [0.5, 0.6) is 0 Å². The Hall–Kier alpha value is -0.670. The van der Waals surface area contributed by atoms with Crippen molar-refractivity contribution in [3.8, 4) is 0 Å². The molecule has 1 unspecified atom stereocenters. The second kappa shape index (κ2) is 5.14. The Labute approximate surface area is 119 Å². The number of hydrogen-bond donors (Lipinski definition) is 0. The third kappa shape index (κ3) is 2.39. The third-order valence-corrected chi connectivity index (χ3v) is 5.90. The Kier molecular flexibility index (Phi) is 3.53. The Morgan fingerprint density at radius 2 is 2.11 bits per heavy atom. The van der Waals surface area contributed by atoms with Gasteiger partial charge in [-0.3, -0.25) is 0 Å². The lowest BCUT2D eigenvalue weighted by atomic mass is 10.1. The van der Waals surface area contributed by atoms with Crippen LogP contribution >= 0.6 is 27.3 Å². The third-order valence-electron chi connectivity index (χ3n) is 3.43. The van der Waals surface area contributed by atoms with Gasteiger partial charge in [0.2, 0.25) is 0 Å². The lowest BCUT2D eigenvalue weighted by Gasteiger charge is -2.08. The normalized spacial score (nSPS) is 15.7. The van der Waals surface area contributed by atoms with Crippen LogP contribution in [-0.2, 0) is 19.3 Å². The van der Waals surface area contributed by atoms with Gasteiger partial charge in [-0.15, -0.1) is 11.3 Å². The molecule has 1 aromatic heterocycles. The van der Waals surface area contributed by atoms with Gasteiger partial charge in [-0.2, -0.15) is 0 Å². The van der Waals surface area contributed by atoms with Crippen LogP contribution in [0.15, 0.2) is 30.3 Å². The van der Waals surface area contributed by atoms with E-state index in [2.05, 4.69) is 22.0 Å². The molecule has 0 radical (unpaired) electrons. The van der Waals surface area contributed by atoms with Crippen LogP contribution in [-0.4, -0.2) is 0 Å². The molecule has 1 aliphatic rings. The summed E-state index contributed by atoms with van der Waals surface area (Å²) in [5.74, 6) is -0.106. The summed E-state index contributed by atoms with van der Waals surface area (Å²) in [7, 11) is 0. The number of rotatable bonds is 3. The Morgan fingerprint density at radius 1 is 1.28 bits per heavy atom. The number of thiophene rings is 1. The Morgan fingerprint density at radius 3 is 2.89 bits per heavy atom. The molecule has 2 aromatic rings. The number of fused-ring (bicyclic) bond motifs is 1. The first-order valence-corrected chi connectivity index (χ1v) is 7.96. The summed E-state index contributed by atoms with van der Waals surface area (Å²) in [5, 5.41) is 0. The van der Waals surface area contributed by atoms with E-state index in [0.717, 1.165) is 5.56 Å². The van der Waals surface area contributed by atoms with Crippen LogP contribution in [0.2, 0.25) is 0 Å². The molecule has 0 bridgehead atoms. The van der Waals surface area contributed by atoms with Gasteiger partial charge in [0.05, 0.1) is 4.83 Å². The molecule has 0 fully saturated rings. The average molecular weight is 325 g/mol. The Balaban J connectivity index is 1.78. The standard InChI is InChI=1S/C15H14BrFS/c16-12(8-10-4-1-2-6-13(10)17)15-9-11-5-3-7-14(11)18-15/h1-2,4,6,9,12H,3,5,7-8H2. The fraction of sp³-hybridized carbons (Fsp3) is 0.333. The smallest absolute Gasteiger partial charge is 0.126 e. The highest BCUT2D eigenvalue weighted by molar-refractivity contribution is 9.09. The van der Waals surface area contributed by atoms with E-state index in [1.807, 2.05) is 23.5 Å². The maximum Gasteiger partial charge on any atom is 0.126 e. The average Bonchev–Trinajstić information content (AvgIpc) is 2.92. The summed E-state index contributed by atoms with van der Waals surface area (Å²) in [5.41, 5.74) is 2.29. The number of alkyl halides is 1. The minimum Gasteiger partial charge on any atom is -0.207 e. The van der Waals surface area contributed by atoms with Crippen LogP contribution in [0.3, 0.4) is 0 Å². The van der Waals surface area contributed by atoms with E-state index < -0.39 is 0 Å². The highest BCUT2D eigenvalue weighted by Crippen LogP contribution is 2.38. The molecule has 0 spiro atoms. The van der Waals surface area contributed by atoms with Gasteiger partial charge in [0.25, 0.3) is 0 Å². The van der Waals surface area contributed by atoms with Gasteiger partial charge in [-0.1, -0.05) is 34.1 Å². The second-order valence-electron chi connectivity index (χ2n) is 4.71. The maximum absolute atomic E-state index is 13.6.